The van der Waals surface area contributed by atoms with Gasteiger partial charge in [-0.05, 0) is 31.5 Å². The van der Waals surface area contributed by atoms with E-state index in [9.17, 15) is 9.50 Å². The topological polar surface area (TPSA) is 49.5 Å². The molecule has 0 aliphatic rings. The van der Waals surface area contributed by atoms with Crippen molar-refractivity contribution in [3.05, 3.63) is 29.6 Å². The molecule has 0 heterocycles. The Hall–Kier alpha value is -1.13. The van der Waals surface area contributed by atoms with E-state index in [-0.39, 0.29) is 5.82 Å². The quantitative estimate of drug-likeness (QED) is 0.817. The first-order valence-electron chi connectivity index (χ1n) is 5.25. The molecule has 0 aliphatic carbocycles. The van der Waals surface area contributed by atoms with Crippen LogP contribution in [-0.4, -0.2) is 24.3 Å². The smallest absolute Gasteiger partial charge is 0.146 e. The van der Waals surface area contributed by atoms with Crippen molar-refractivity contribution in [2.75, 3.05) is 18.5 Å². The number of halogens is 1. The van der Waals surface area contributed by atoms with Crippen molar-refractivity contribution in [1.82, 2.24) is 0 Å². The van der Waals surface area contributed by atoms with E-state index in [4.69, 9.17) is 5.73 Å². The lowest BCUT2D eigenvalue weighted by atomic mass is 10.1. The lowest BCUT2D eigenvalue weighted by molar-refractivity contribution is 0.0885. The van der Waals surface area contributed by atoms with Crippen LogP contribution in [0.2, 0.25) is 0 Å². The second-order valence-electron chi connectivity index (χ2n) is 4.66. The molecule has 0 unspecified atom stereocenters. The van der Waals surface area contributed by atoms with Crippen LogP contribution in [0.4, 0.5) is 10.1 Å². The predicted octanol–water partition coefficient (Wildman–Crippen LogP) is 1.49. The van der Waals surface area contributed by atoms with E-state index in [1.807, 2.05) is 0 Å². The van der Waals surface area contributed by atoms with Crippen LogP contribution in [0.25, 0.3) is 0 Å². The van der Waals surface area contributed by atoms with Crippen LogP contribution in [0.5, 0.6) is 0 Å². The summed E-state index contributed by atoms with van der Waals surface area (Å²) in [6.45, 7) is 4.07. The maximum absolute atomic E-state index is 13.7. The van der Waals surface area contributed by atoms with Gasteiger partial charge in [0.2, 0.25) is 0 Å². The highest BCUT2D eigenvalue weighted by atomic mass is 19.1. The Morgan fingerprint density at radius 1 is 1.44 bits per heavy atom. The van der Waals surface area contributed by atoms with Crippen LogP contribution < -0.4 is 10.6 Å². The second-order valence-corrected chi connectivity index (χ2v) is 4.66. The van der Waals surface area contributed by atoms with Gasteiger partial charge in [-0.25, -0.2) is 4.39 Å². The fraction of sp³-hybridized carbons (Fsp3) is 0.500. The van der Waals surface area contributed by atoms with Crippen molar-refractivity contribution < 1.29 is 9.50 Å². The van der Waals surface area contributed by atoms with Gasteiger partial charge < -0.3 is 15.7 Å². The van der Waals surface area contributed by atoms with Crippen LogP contribution in [-0.2, 0) is 6.54 Å². The lowest BCUT2D eigenvalue weighted by Crippen LogP contribution is -2.36. The normalized spacial score (nSPS) is 11.6. The molecule has 0 saturated heterocycles. The van der Waals surface area contributed by atoms with Crippen molar-refractivity contribution in [2.45, 2.75) is 26.0 Å². The Morgan fingerprint density at radius 2 is 2.06 bits per heavy atom. The zero-order valence-corrected chi connectivity index (χ0v) is 10.00. The van der Waals surface area contributed by atoms with Crippen LogP contribution in [0.1, 0.15) is 19.4 Å². The van der Waals surface area contributed by atoms with Crippen LogP contribution in [0, 0.1) is 5.82 Å². The molecule has 0 saturated carbocycles. The zero-order valence-electron chi connectivity index (χ0n) is 10.00. The summed E-state index contributed by atoms with van der Waals surface area (Å²) >= 11 is 0. The van der Waals surface area contributed by atoms with Crippen molar-refractivity contribution in [3.63, 3.8) is 0 Å². The monoisotopic (exact) mass is 226 g/mol. The summed E-state index contributed by atoms with van der Waals surface area (Å²) in [5.74, 6) is -0.310. The molecule has 4 heteroatoms. The zero-order chi connectivity index (χ0) is 12.3. The lowest BCUT2D eigenvalue weighted by Gasteiger charge is -2.27. The fourth-order valence-corrected chi connectivity index (χ4v) is 1.65. The van der Waals surface area contributed by atoms with Gasteiger partial charge in [0, 0.05) is 20.1 Å². The average Bonchev–Trinajstić information content (AvgIpc) is 2.14. The van der Waals surface area contributed by atoms with Crippen molar-refractivity contribution in [2.24, 2.45) is 5.73 Å². The molecule has 1 aromatic rings. The average molecular weight is 226 g/mol. The van der Waals surface area contributed by atoms with E-state index in [2.05, 4.69) is 0 Å². The van der Waals surface area contributed by atoms with Gasteiger partial charge in [-0.3, -0.25) is 0 Å². The minimum Gasteiger partial charge on any atom is -0.389 e. The summed E-state index contributed by atoms with van der Waals surface area (Å²) < 4.78 is 13.7. The molecule has 90 valence electrons. The Morgan fingerprint density at radius 3 is 2.50 bits per heavy atom. The summed E-state index contributed by atoms with van der Waals surface area (Å²) in [6, 6.07) is 4.90. The largest absolute Gasteiger partial charge is 0.389 e. The SMILES string of the molecule is CN(CC(C)(C)O)c1ccc(CN)cc1F. The molecule has 1 rings (SSSR count). The molecule has 0 aromatic heterocycles. The molecular weight excluding hydrogens is 207 g/mol. The van der Waals surface area contributed by atoms with E-state index >= 15 is 0 Å². The van der Waals surface area contributed by atoms with Crippen molar-refractivity contribution >= 4 is 5.69 Å². The first kappa shape index (κ1) is 12.9. The molecule has 1 aromatic carbocycles. The molecule has 3 nitrogen and oxygen atoms in total. The summed E-state index contributed by atoms with van der Waals surface area (Å²) in [4.78, 5) is 1.69. The minimum atomic E-state index is -0.853. The molecule has 0 aliphatic heterocycles. The van der Waals surface area contributed by atoms with Gasteiger partial charge in [-0.15, -0.1) is 0 Å². The Labute approximate surface area is 95.7 Å². The Balaban J connectivity index is 2.88. The summed E-state index contributed by atoms with van der Waals surface area (Å²) in [6.07, 6.45) is 0. The summed E-state index contributed by atoms with van der Waals surface area (Å²) in [5, 5.41) is 9.66. The van der Waals surface area contributed by atoms with Gasteiger partial charge >= 0.3 is 0 Å². The third-order valence-electron chi connectivity index (χ3n) is 2.28. The molecule has 0 spiro atoms. The molecule has 3 N–H and O–H groups in total. The number of hydrogen-bond donors (Lipinski definition) is 2. The predicted molar refractivity (Wildman–Crippen MR) is 63.9 cm³/mol. The highest BCUT2D eigenvalue weighted by Crippen LogP contribution is 2.20. The molecular formula is C12H19FN2O. The van der Waals surface area contributed by atoms with E-state index in [1.54, 1.807) is 37.9 Å². The van der Waals surface area contributed by atoms with Gasteiger partial charge in [0.15, 0.2) is 0 Å². The minimum absolute atomic E-state index is 0.310. The standard InChI is InChI=1S/C12H19FN2O/c1-12(2,16)8-15(3)11-5-4-9(7-14)6-10(11)13/h4-6,16H,7-8,14H2,1-3H3. The molecule has 0 bridgehead atoms. The van der Waals surface area contributed by atoms with E-state index in [0.29, 0.717) is 18.8 Å². The Bertz CT molecular complexity index is 361. The van der Waals surface area contributed by atoms with Gasteiger partial charge in [-0.2, -0.15) is 0 Å². The molecule has 0 atom stereocenters. The number of benzene rings is 1. The maximum Gasteiger partial charge on any atom is 0.146 e. The number of rotatable bonds is 4. The number of hydrogen-bond acceptors (Lipinski definition) is 3. The van der Waals surface area contributed by atoms with Gasteiger partial charge in [-0.1, -0.05) is 6.07 Å². The first-order chi connectivity index (χ1) is 7.33. The number of aliphatic hydroxyl groups is 1. The first-order valence-corrected chi connectivity index (χ1v) is 5.25. The fourth-order valence-electron chi connectivity index (χ4n) is 1.65. The van der Waals surface area contributed by atoms with Gasteiger partial charge in [0.05, 0.1) is 11.3 Å². The van der Waals surface area contributed by atoms with E-state index in [1.165, 1.54) is 6.07 Å². The van der Waals surface area contributed by atoms with Gasteiger partial charge in [0.1, 0.15) is 5.82 Å². The highest BCUT2D eigenvalue weighted by Gasteiger charge is 2.17. The molecule has 0 fully saturated rings. The number of anilines is 1. The van der Waals surface area contributed by atoms with Crippen molar-refractivity contribution in [3.8, 4) is 0 Å². The summed E-state index contributed by atoms with van der Waals surface area (Å²) in [5.41, 5.74) is 5.81. The van der Waals surface area contributed by atoms with Crippen LogP contribution in [0.3, 0.4) is 0 Å². The molecule has 0 amide bonds. The number of nitrogens with two attached hydrogens (primary N) is 1. The highest BCUT2D eigenvalue weighted by molar-refractivity contribution is 5.48. The van der Waals surface area contributed by atoms with Gasteiger partial charge in [0.25, 0.3) is 0 Å². The maximum atomic E-state index is 13.7. The third-order valence-corrected chi connectivity index (χ3v) is 2.28. The molecule has 0 radical (unpaired) electrons. The number of likely N-dealkylation sites (N-methyl/N-ethyl adjacent to an activating group) is 1. The van der Waals surface area contributed by atoms with E-state index in [0.717, 1.165) is 5.56 Å². The molecule has 16 heavy (non-hydrogen) atoms. The number of nitrogens with zero attached hydrogens (tertiary/aromatic N) is 1. The van der Waals surface area contributed by atoms with Crippen LogP contribution >= 0.6 is 0 Å². The second kappa shape index (κ2) is 4.80. The van der Waals surface area contributed by atoms with Crippen molar-refractivity contribution in [1.29, 1.82) is 0 Å². The van der Waals surface area contributed by atoms with Crippen LogP contribution in [0.15, 0.2) is 18.2 Å². The van der Waals surface area contributed by atoms with E-state index < -0.39 is 5.60 Å². The Kier molecular flexibility index (Phi) is 3.88. The third kappa shape index (κ3) is 3.47. The summed E-state index contributed by atoms with van der Waals surface area (Å²) in [7, 11) is 1.75.